The first kappa shape index (κ1) is 13.3. The lowest BCUT2D eigenvalue weighted by molar-refractivity contribution is -0.133. The van der Waals surface area contributed by atoms with Crippen LogP contribution in [0.15, 0.2) is 24.3 Å². The molecule has 0 aromatic heterocycles. The molecule has 0 unspecified atom stereocenters. The van der Waals surface area contributed by atoms with Gasteiger partial charge in [0.05, 0.1) is 6.07 Å². The molecule has 0 bridgehead atoms. The fraction of sp³-hybridized carbons (Fsp3) is 0.400. The first-order valence-electron chi connectivity index (χ1n) is 6.42. The Kier molecular flexibility index (Phi) is 3.96. The van der Waals surface area contributed by atoms with E-state index in [1.54, 1.807) is 12.1 Å². The van der Waals surface area contributed by atoms with Crippen molar-refractivity contribution in [2.75, 3.05) is 5.32 Å². The summed E-state index contributed by atoms with van der Waals surface area (Å²) in [6.45, 7) is 1.91. The normalized spacial score (nSPS) is 16.0. The molecule has 1 saturated carbocycles. The van der Waals surface area contributed by atoms with Crippen LogP contribution in [0, 0.1) is 30.1 Å². The number of carbonyl (C=O) groups is 2. The highest BCUT2D eigenvalue weighted by Crippen LogP contribution is 2.29. The Morgan fingerprint density at radius 3 is 2.68 bits per heavy atom. The van der Waals surface area contributed by atoms with Crippen molar-refractivity contribution < 1.29 is 9.59 Å². The van der Waals surface area contributed by atoms with E-state index < -0.39 is 11.8 Å². The predicted octanol–water partition coefficient (Wildman–Crippen LogP) is 2.44. The Balaban J connectivity index is 2.05. The Hall–Kier alpha value is -2.15. The van der Waals surface area contributed by atoms with Gasteiger partial charge < -0.3 is 5.32 Å². The van der Waals surface area contributed by atoms with Crippen LogP contribution >= 0.6 is 0 Å². The zero-order valence-electron chi connectivity index (χ0n) is 10.8. The molecule has 98 valence electrons. The number of amides is 1. The molecule has 0 aliphatic heterocycles. The Bertz CT molecular complexity index is 541. The summed E-state index contributed by atoms with van der Waals surface area (Å²) in [5.41, 5.74) is 1.63. The number of ketones is 1. The van der Waals surface area contributed by atoms with Gasteiger partial charge in [0.2, 0.25) is 5.91 Å². The molecule has 2 rings (SSSR count). The van der Waals surface area contributed by atoms with Crippen LogP contribution in [0.1, 0.15) is 24.8 Å². The summed E-state index contributed by atoms with van der Waals surface area (Å²) in [5, 5.41) is 11.7. The van der Waals surface area contributed by atoms with Crippen molar-refractivity contribution >= 4 is 17.4 Å². The van der Waals surface area contributed by atoms with Gasteiger partial charge in [-0.2, -0.15) is 5.26 Å². The fourth-order valence-corrected chi connectivity index (χ4v) is 2.12. The van der Waals surface area contributed by atoms with Crippen LogP contribution in [-0.2, 0) is 9.59 Å². The molecule has 1 aromatic carbocycles. The monoisotopic (exact) mass is 256 g/mol. The third-order valence-corrected chi connectivity index (χ3v) is 3.47. The van der Waals surface area contributed by atoms with Crippen molar-refractivity contribution in [3.63, 3.8) is 0 Å². The Morgan fingerprint density at radius 2 is 2.16 bits per heavy atom. The van der Waals surface area contributed by atoms with Crippen molar-refractivity contribution in [1.29, 1.82) is 5.26 Å². The largest absolute Gasteiger partial charge is 0.325 e. The molecule has 0 spiro atoms. The number of aryl methyl sites for hydroxylation is 1. The van der Waals surface area contributed by atoms with Crippen LogP contribution in [-0.4, -0.2) is 11.7 Å². The molecule has 0 saturated heterocycles. The summed E-state index contributed by atoms with van der Waals surface area (Å²) in [6, 6.07) is 9.11. The molecular formula is C15H16N2O2. The van der Waals surface area contributed by atoms with Crippen LogP contribution in [0.3, 0.4) is 0 Å². The van der Waals surface area contributed by atoms with E-state index in [0.29, 0.717) is 5.69 Å². The summed E-state index contributed by atoms with van der Waals surface area (Å²) >= 11 is 0. The lowest BCUT2D eigenvalue weighted by atomic mass is 9.78. The quantitative estimate of drug-likeness (QED) is 0.841. The number of nitrogens with zero attached hydrogens (tertiary/aromatic N) is 1. The van der Waals surface area contributed by atoms with E-state index in [1.165, 1.54) is 0 Å². The average molecular weight is 256 g/mol. The molecule has 1 N–H and O–H groups in total. The molecule has 19 heavy (non-hydrogen) atoms. The highest BCUT2D eigenvalue weighted by atomic mass is 16.2. The molecule has 4 heteroatoms. The maximum absolute atomic E-state index is 12.0. The molecule has 0 heterocycles. The second-order valence-corrected chi connectivity index (χ2v) is 4.95. The topological polar surface area (TPSA) is 70.0 Å². The van der Waals surface area contributed by atoms with E-state index in [4.69, 9.17) is 5.26 Å². The van der Waals surface area contributed by atoms with E-state index in [1.807, 2.05) is 25.1 Å². The molecule has 4 nitrogen and oxygen atoms in total. The van der Waals surface area contributed by atoms with Gasteiger partial charge in [0.25, 0.3) is 0 Å². The zero-order valence-corrected chi connectivity index (χ0v) is 10.8. The third kappa shape index (κ3) is 3.00. The van der Waals surface area contributed by atoms with E-state index >= 15 is 0 Å². The number of anilines is 1. The minimum Gasteiger partial charge on any atom is -0.325 e. The van der Waals surface area contributed by atoms with Gasteiger partial charge in [0.15, 0.2) is 11.7 Å². The minimum absolute atomic E-state index is 0.104. The summed E-state index contributed by atoms with van der Waals surface area (Å²) in [5.74, 6) is -2.05. The lowest BCUT2D eigenvalue weighted by Crippen LogP contribution is -2.35. The number of nitrogens with one attached hydrogen (secondary N) is 1. The van der Waals surface area contributed by atoms with Gasteiger partial charge in [-0.3, -0.25) is 9.59 Å². The molecule has 1 atom stereocenters. The number of hydrogen-bond acceptors (Lipinski definition) is 3. The van der Waals surface area contributed by atoms with Crippen molar-refractivity contribution in [2.45, 2.75) is 26.2 Å². The second kappa shape index (κ2) is 5.66. The maximum Gasteiger partial charge on any atom is 0.249 e. The first-order chi connectivity index (χ1) is 9.11. The van der Waals surface area contributed by atoms with E-state index in [2.05, 4.69) is 5.32 Å². The SMILES string of the molecule is Cc1cccc(NC(=O)[C@H](C#N)C(=O)C2CCC2)c1. The number of hydrogen-bond donors (Lipinski definition) is 1. The first-order valence-corrected chi connectivity index (χ1v) is 6.42. The summed E-state index contributed by atoms with van der Waals surface area (Å²) in [7, 11) is 0. The number of benzene rings is 1. The van der Waals surface area contributed by atoms with Crippen molar-refractivity contribution in [3.05, 3.63) is 29.8 Å². The number of rotatable bonds is 4. The molecule has 1 aliphatic carbocycles. The van der Waals surface area contributed by atoms with Gasteiger partial charge in [0, 0.05) is 11.6 Å². The smallest absolute Gasteiger partial charge is 0.249 e. The van der Waals surface area contributed by atoms with Gasteiger partial charge in [-0.15, -0.1) is 0 Å². The highest BCUT2D eigenvalue weighted by molar-refractivity contribution is 6.10. The Morgan fingerprint density at radius 1 is 1.42 bits per heavy atom. The zero-order chi connectivity index (χ0) is 13.8. The average Bonchev–Trinajstić information content (AvgIpc) is 2.27. The predicted molar refractivity (Wildman–Crippen MR) is 71.3 cm³/mol. The number of carbonyl (C=O) groups excluding carboxylic acids is 2. The molecule has 0 radical (unpaired) electrons. The van der Waals surface area contributed by atoms with Crippen LogP contribution in [0.5, 0.6) is 0 Å². The third-order valence-electron chi connectivity index (χ3n) is 3.47. The summed E-state index contributed by atoms with van der Waals surface area (Å²) in [6.07, 6.45) is 2.61. The fourth-order valence-electron chi connectivity index (χ4n) is 2.12. The lowest BCUT2D eigenvalue weighted by Gasteiger charge is -2.25. The number of nitriles is 1. The van der Waals surface area contributed by atoms with Crippen LogP contribution < -0.4 is 5.32 Å². The van der Waals surface area contributed by atoms with Crippen molar-refractivity contribution in [3.8, 4) is 6.07 Å². The standard InChI is InChI=1S/C15H16N2O2/c1-10-4-2-7-12(8-10)17-15(19)13(9-16)14(18)11-5-3-6-11/h2,4,7-8,11,13H,3,5-6H2,1H3,(H,17,19)/t13-/m1/s1. The van der Waals surface area contributed by atoms with E-state index in [-0.39, 0.29) is 11.7 Å². The van der Waals surface area contributed by atoms with Crippen LogP contribution in [0.2, 0.25) is 0 Å². The van der Waals surface area contributed by atoms with Gasteiger partial charge in [-0.1, -0.05) is 18.6 Å². The molecule has 1 fully saturated rings. The summed E-state index contributed by atoms with van der Waals surface area (Å²) in [4.78, 5) is 24.0. The van der Waals surface area contributed by atoms with Gasteiger partial charge >= 0.3 is 0 Å². The Labute approximate surface area is 112 Å². The minimum atomic E-state index is -1.19. The van der Waals surface area contributed by atoms with Crippen LogP contribution in [0.4, 0.5) is 5.69 Å². The van der Waals surface area contributed by atoms with E-state index in [9.17, 15) is 9.59 Å². The molecule has 1 aromatic rings. The molecule has 1 amide bonds. The second-order valence-electron chi connectivity index (χ2n) is 4.95. The van der Waals surface area contributed by atoms with Gasteiger partial charge in [0.1, 0.15) is 0 Å². The van der Waals surface area contributed by atoms with Crippen LogP contribution in [0.25, 0.3) is 0 Å². The maximum atomic E-state index is 12.0. The van der Waals surface area contributed by atoms with Gasteiger partial charge in [-0.05, 0) is 37.5 Å². The molecule has 1 aliphatic rings. The molecular weight excluding hydrogens is 240 g/mol. The summed E-state index contributed by atoms with van der Waals surface area (Å²) < 4.78 is 0. The van der Waals surface area contributed by atoms with Crippen molar-refractivity contribution in [1.82, 2.24) is 0 Å². The highest BCUT2D eigenvalue weighted by Gasteiger charge is 2.35. The van der Waals surface area contributed by atoms with Gasteiger partial charge in [-0.25, -0.2) is 0 Å². The van der Waals surface area contributed by atoms with Crippen molar-refractivity contribution in [2.24, 2.45) is 11.8 Å². The number of Topliss-reactive ketones (excluding diaryl/α,β-unsaturated/α-hetero) is 1. The van der Waals surface area contributed by atoms with E-state index in [0.717, 1.165) is 24.8 Å².